The Labute approximate surface area is 181 Å². The molecule has 0 aliphatic heterocycles. The molecule has 3 rings (SSSR count). The van der Waals surface area contributed by atoms with E-state index in [0.29, 0.717) is 6.07 Å². The summed E-state index contributed by atoms with van der Waals surface area (Å²) in [6.45, 7) is 0. The van der Waals surface area contributed by atoms with Gasteiger partial charge in [-0.1, -0.05) is 0 Å². The Balaban J connectivity index is 1.81. The number of amides is 2. The highest BCUT2D eigenvalue weighted by molar-refractivity contribution is 7.14. The quantitative estimate of drug-likeness (QED) is 0.464. The fourth-order valence-electron chi connectivity index (χ4n) is 2.88. The molecule has 2 aromatic heterocycles. The van der Waals surface area contributed by atoms with Crippen molar-refractivity contribution in [2.24, 2.45) is 0 Å². The second kappa shape index (κ2) is 8.94. The highest BCUT2D eigenvalue weighted by Gasteiger charge is 2.39. The molecule has 0 saturated heterocycles. The van der Waals surface area contributed by atoms with Crippen LogP contribution >= 0.6 is 11.3 Å². The molecule has 0 atom stereocenters. The van der Waals surface area contributed by atoms with E-state index in [0.717, 1.165) is 17.4 Å². The molecule has 170 valence electrons. The lowest BCUT2D eigenvalue weighted by atomic mass is 10.1. The number of anilines is 2. The predicted octanol–water partition coefficient (Wildman–Crippen LogP) is 4.28. The number of hydrogen-bond donors (Lipinski definition) is 3. The Morgan fingerprint density at radius 1 is 1.19 bits per heavy atom. The van der Waals surface area contributed by atoms with E-state index in [1.807, 2.05) is 0 Å². The molecule has 0 aliphatic rings. The molecular weight excluding hydrogens is 459 g/mol. The van der Waals surface area contributed by atoms with Crippen LogP contribution in [0.1, 0.15) is 21.5 Å². The largest absolute Gasteiger partial charge is 0.448 e. The van der Waals surface area contributed by atoms with E-state index in [2.05, 4.69) is 20.9 Å². The van der Waals surface area contributed by atoms with Crippen LogP contribution in [0.2, 0.25) is 0 Å². The maximum Gasteiger partial charge on any atom is 0.422 e. The molecule has 0 saturated carbocycles. The van der Waals surface area contributed by atoms with E-state index in [-0.39, 0.29) is 34.3 Å². The Morgan fingerprint density at radius 3 is 2.53 bits per heavy atom. The number of alkyl halides is 3. The number of nitrogens with one attached hydrogen (secondary N) is 3. The molecular formula is C19H15F5N4O3S. The maximum atomic E-state index is 14.3. The number of furan rings is 1. The van der Waals surface area contributed by atoms with Gasteiger partial charge in [-0.15, -0.1) is 11.3 Å². The molecule has 7 nitrogen and oxygen atoms in total. The third kappa shape index (κ3) is 4.56. The van der Waals surface area contributed by atoms with E-state index in [1.165, 1.54) is 25.7 Å². The smallest absolute Gasteiger partial charge is 0.422 e. The number of rotatable bonds is 6. The SMILES string of the molecule is CNC(=O)c1c(CC(=O)Nc2nc(-c3ccc(F)c(C(F)(F)F)c3F)cs2)coc1NC. The van der Waals surface area contributed by atoms with Crippen molar-refractivity contribution in [2.75, 3.05) is 24.7 Å². The Kier molecular flexibility index (Phi) is 6.48. The van der Waals surface area contributed by atoms with Gasteiger partial charge in [0.2, 0.25) is 11.8 Å². The Morgan fingerprint density at radius 2 is 1.91 bits per heavy atom. The maximum absolute atomic E-state index is 14.3. The minimum absolute atomic E-state index is 0.0267. The number of aromatic nitrogens is 1. The highest BCUT2D eigenvalue weighted by atomic mass is 32.1. The van der Waals surface area contributed by atoms with Crippen LogP contribution in [-0.4, -0.2) is 30.9 Å². The zero-order chi connectivity index (χ0) is 23.6. The molecule has 3 aromatic rings. The van der Waals surface area contributed by atoms with E-state index in [1.54, 1.807) is 0 Å². The van der Waals surface area contributed by atoms with Crippen LogP contribution in [0.15, 0.2) is 28.2 Å². The monoisotopic (exact) mass is 474 g/mol. The van der Waals surface area contributed by atoms with Gasteiger partial charge in [0.05, 0.1) is 18.4 Å². The summed E-state index contributed by atoms with van der Waals surface area (Å²) in [5, 5.41) is 8.73. The van der Waals surface area contributed by atoms with Crippen molar-refractivity contribution in [2.45, 2.75) is 12.6 Å². The van der Waals surface area contributed by atoms with Crippen molar-refractivity contribution >= 4 is 34.2 Å². The van der Waals surface area contributed by atoms with E-state index in [9.17, 15) is 31.5 Å². The Hall–Kier alpha value is -3.48. The van der Waals surface area contributed by atoms with Crippen molar-refractivity contribution in [3.8, 4) is 11.3 Å². The fraction of sp³-hybridized carbons (Fsp3) is 0.211. The summed E-state index contributed by atoms with van der Waals surface area (Å²) in [7, 11) is 2.94. The van der Waals surface area contributed by atoms with E-state index < -0.39 is 40.8 Å². The predicted molar refractivity (Wildman–Crippen MR) is 106 cm³/mol. The summed E-state index contributed by atoms with van der Waals surface area (Å²) in [5.41, 5.74) is -2.37. The molecule has 1 aromatic carbocycles. The summed E-state index contributed by atoms with van der Waals surface area (Å²) < 4.78 is 71.8. The van der Waals surface area contributed by atoms with Gasteiger partial charge in [0, 0.05) is 30.6 Å². The highest BCUT2D eigenvalue weighted by Crippen LogP contribution is 2.38. The van der Waals surface area contributed by atoms with Crippen molar-refractivity contribution in [1.29, 1.82) is 0 Å². The van der Waals surface area contributed by atoms with Crippen LogP contribution < -0.4 is 16.0 Å². The minimum atomic E-state index is -5.23. The van der Waals surface area contributed by atoms with Crippen LogP contribution in [-0.2, 0) is 17.4 Å². The number of halogens is 5. The molecule has 0 radical (unpaired) electrons. The molecule has 0 fully saturated rings. The third-order valence-corrected chi connectivity index (χ3v) is 5.06. The normalized spacial score (nSPS) is 11.3. The standard InChI is InChI=1S/C19H15F5N4O3S/c1-25-16(30)13-8(6-31-17(13)26-2)5-12(29)28-18-27-11(7-32-18)9-3-4-10(20)14(15(9)21)19(22,23)24/h3-4,6-7,26H,5H2,1-2H3,(H,25,30)(H,27,28,29). The summed E-state index contributed by atoms with van der Waals surface area (Å²) in [5.74, 6) is -4.45. The van der Waals surface area contributed by atoms with Gasteiger partial charge in [0.1, 0.15) is 22.8 Å². The summed E-state index contributed by atoms with van der Waals surface area (Å²) in [4.78, 5) is 28.3. The van der Waals surface area contributed by atoms with Crippen molar-refractivity contribution < 1.29 is 36.0 Å². The van der Waals surface area contributed by atoms with Gasteiger partial charge in [0.15, 0.2) is 5.13 Å². The molecule has 2 heterocycles. The average Bonchev–Trinajstić information content (AvgIpc) is 3.33. The van der Waals surface area contributed by atoms with Gasteiger partial charge < -0.3 is 20.4 Å². The lowest BCUT2D eigenvalue weighted by Crippen LogP contribution is -2.22. The van der Waals surface area contributed by atoms with Gasteiger partial charge in [-0.3, -0.25) is 9.59 Å². The van der Waals surface area contributed by atoms with Gasteiger partial charge in [0.25, 0.3) is 5.91 Å². The molecule has 0 bridgehead atoms. The number of carbonyl (C=O) groups excluding carboxylic acids is 2. The van der Waals surface area contributed by atoms with Crippen LogP contribution in [0.25, 0.3) is 11.3 Å². The number of nitrogens with zero attached hydrogens (tertiary/aromatic N) is 1. The zero-order valence-corrected chi connectivity index (χ0v) is 17.3. The van der Waals surface area contributed by atoms with Crippen LogP contribution in [0.5, 0.6) is 0 Å². The van der Waals surface area contributed by atoms with Crippen LogP contribution in [0, 0.1) is 11.6 Å². The first kappa shape index (κ1) is 23.2. The van der Waals surface area contributed by atoms with E-state index >= 15 is 0 Å². The van der Waals surface area contributed by atoms with E-state index in [4.69, 9.17) is 4.42 Å². The van der Waals surface area contributed by atoms with Gasteiger partial charge in [-0.05, 0) is 12.1 Å². The Bertz CT molecular complexity index is 1170. The molecule has 0 spiro atoms. The first-order valence-corrected chi connectivity index (χ1v) is 9.75. The molecule has 32 heavy (non-hydrogen) atoms. The topological polar surface area (TPSA) is 96.3 Å². The summed E-state index contributed by atoms with van der Waals surface area (Å²) in [6.07, 6.45) is -4.27. The van der Waals surface area contributed by atoms with Crippen molar-refractivity contribution in [3.05, 3.63) is 52.1 Å². The molecule has 0 aliphatic carbocycles. The first-order chi connectivity index (χ1) is 15.1. The first-order valence-electron chi connectivity index (χ1n) is 8.88. The lowest BCUT2D eigenvalue weighted by molar-refractivity contribution is -0.142. The second-order valence-electron chi connectivity index (χ2n) is 6.34. The third-order valence-electron chi connectivity index (χ3n) is 4.30. The van der Waals surface area contributed by atoms with Crippen LogP contribution in [0.3, 0.4) is 0 Å². The zero-order valence-electron chi connectivity index (χ0n) is 16.5. The van der Waals surface area contributed by atoms with Gasteiger partial charge >= 0.3 is 6.18 Å². The van der Waals surface area contributed by atoms with Crippen molar-refractivity contribution in [3.63, 3.8) is 0 Å². The molecule has 0 unspecified atom stereocenters. The number of hydrogen-bond acceptors (Lipinski definition) is 6. The molecule has 3 N–H and O–H groups in total. The second-order valence-corrected chi connectivity index (χ2v) is 7.20. The lowest BCUT2D eigenvalue weighted by Gasteiger charge is -2.11. The van der Waals surface area contributed by atoms with Gasteiger partial charge in [-0.25, -0.2) is 13.8 Å². The number of benzene rings is 1. The van der Waals surface area contributed by atoms with Crippen LogP contribution in [0.4, 0.5) is 33.0 Å². The minimum Gasteiger partial charge on any atom is -0.448 e. The molecule has 13 heteroatoms. The molecule has 2 amide bonds. The van der Waals surface area contributed by atoms with Gasteiger partial charge in [-0.2, -0.15) is 13.2 Å². The number of carbonyl (C=O) groups is 2. The summed E-state index contributed by atoms with van der Waals surface area (Å²) >= 11 is 0.834. The fourth-order valence-corrected chi connectivity index (χ4v) is 3.61. The summed E-state index contributed by atoms with van der Waals surface area (Å²) in [6, 6.07) is 1.33. The number of thiazole rings is 1. The van der Waals surface area contributed by atoms with Crippen molar-refractivity contribution in [1.82, 2.24) is 10.3 Å². The average molecular weight is 474 g/mol.